The summed E-state index contributed by atoms with van der Waals surface area (Å²) in [5, 5.41) is 14.2. The van der Waals surface area contributed by atoms with E-state index in [0.717, 1.165) is 6.54 Å². The molecule has 0 amide bonds. The summed E-state index contributed by atoms with van der Waals surface area (Å²) >= 11 is 0. The fourth-order valence-electron chi connectivity index (χ4n) is 2.86. The molecule has 0 bridgehead atoms. The summed E-state index contributed by atoms with van der Waals surface area (Å²) in [6.07, 6.45) is 7.50. The molecule has 0 aromatic carbocycles. The molecule has 116 valence electrons. The fraction of sp³-hybridized carbons (Fsp3) is 0.714. The molecule has 1 fully saturated rings. The lowest BCUT2D eigenvalue weighted by molar-refractivity contribution is -0.384. The van der Waals surface area contributed by atoms with Crippen LogP contribution < -0.4 is 10.2 Å². The minimum atomic E-state index is -0.414. The van der Waals surface area contributed by atoms with Crippen molar-refractivity contribution in [3.05, 3.63) is 16.3 Å². The van der Waals surface area contributed by atoms with Crippen LogP contribution in [0.5, 0.6) is 0 Å². The molecule has 0 spiro atoms. The summed E-state index contributed by atoms with van der Waals surface area (Å²) in [6, 6.07) is 0. The van der Waals surface area contributed by atoms with Gasteiger partial charge in [0.15, 0.2) is 0 Å². The van der Waals surface area contributed by atoms with Gasteiger partial charge in [-0.15, -0.1) is 0 Å². The molecule has 1 aliphatic carbocycles. The molecule has 1 aromatic rings. The van der Waals surface area contributed by atoms with Gasteiger partial charge in [0.1, 0.15) is 6.20 Å². The van der Waals surface area contributed by atoms with Crippen molar-refractivity contribution >= 4 is 17.5 Å². The molecule has 0 unspecified atom stereocenters. The zero-order valence-corrected chi connectivity index (χ0v) is 12.7. The zero-order valence-electron chi connectivity index (χ0n) is 12.7. The molecule has 1 heterocycles. The normalized spacial score (nSPS) is 15.7. The molecule has 0 atom stereocenters. The number of nitrogens with zero attached hydrogens (tertiary/aromatic N) is 4. The monoisotopic (exact) mass is 293 g/mol. The quantitative estimate of drug-likeness (QED) is 0.641. The van der Waals surface area contributed by atoms with Gasteiger partial charge in [-0.05, 0) is 25.7 Å². The Morgan fingerprint density at radius 2 is 2.14 bits per heavy atom. The SMILES string of the molecule is CCNc1ncc([N+](=O)[O-])c(N(C)CC2CCCCC2)n1. The van der Waals surface area contributed by atoms with E-state index in [1.54, 1.807) is 0 Å². The second kappa shape index (κ2) is 7.19. The van der Waals surface area contributed by atoms with Crippen molar-refractivity contribution in [1.82, 2.24) is 9.97 Å². The Hall–Kier alpha value is -1.92. The van der Waals surface area contributed by atoms with E-state index in [1.165, 1.54) is 38.3 Å². The van der Waals surface area contributed by atoms with Crippen molar-refractivity contribution in [2.45, 2.75) is 39.0 Å². The molecule has 2 rings (SSSR count). The number of anilines is 2. The minimum absolute atomic E-state index is 0.0324. The number of nitro groups is 1. The standard InChI is InChI=1S/C14H23N5O2/c1-3-15-14-16-9-12(19(20)21)13(17-14)18(2)10-11-7-5-4-6-8-11/h9,11H,3-8,10H2,1-2H3,(H,15,16,17). The number of hydrogen-bond acceptors (Lipinski definition) is 6. The Morgan fingerprint density at radius 3 is 2.76 bits per heavy atom. The molecule has 0 aliphatic heterocycles. The Balaban J connectivity index is 2.17. The van der Waals surface area contributed by atoms with Gasteiger partial charge in [0.05, 0.1) is 4.92 Å². The van der Waals surface area contributed by atoms with E-state index in [0.29, 0.717) is 24.2 Å². The summed E-state index contributed by atoms with van der Waals surface area (Å²) in [5.74, 6) is 1.44. The van der Waals surface area contributed by atoms with E-state index in [1.807, 2.05) is 18.9 Å². The second-order valence-corrected chi connectivity index (χ2v) is 5.57. The Kier molecular flexibility index (Phi) is 5.30. The summed E-state index contributed by atoms with van der Waals surface area (Å²) in [6.45, 7) is 3.43. The van der Waals surface area contributed by atoms with Crippen molar-refractivity contribution in [2.75, 3.05) is 30.4 Å². The number of nitrogens with one attached hydrogen (secondary N) is 1. The molecule has 1 aliphatic rings. The van der Waals surface area contributed by atoms with E-state index in [2.05, 4.69) is 15.3 Å². The van der Waals surface area contributed by atoms with Crippen molar-refractivity contribution in [1.29, 1.82) is 0 Å². The van der Waals surface area contributed by atoms with E-state index < -0.39 is 4.92 Å². The molecule has 1 saturated carbocycles. The first-order valence-corrected chi connectivity index (χ1v) is 7.58. The van der Waals surface area contributed by atoms with Crippen molar-refractivity contribution in [3.63, 3.8) is 0 Å². The van der Waals surface area contributed by atoms with E-state index in [-0.39, 0.29) is 5.69 Å². The molecule has 0 radical (unpaired) electrons. The largest absolute Gasteiger partial charge is 0.354 e. The highest BCUT2D eigenvalue weighted by Gasteiger charge is 2.23. The van der Waals surface area contributed by atoms with Crippen LogP contribution in [-0.2, 0) is 0 Å². The number of aromatic nitrogens is 2. The first kappa shape index (κ1) is 15.5. The maximum Gasteiger partial charge on any atom is 0.329 e. The van der Waals surface area contributed by atoms with Gasteiger partial charge in [-0.2, -0.15) is 4.98 Å². The molecule has 1 N–H and O–H groups in total. The molecule has 21 heavy (non-hydrogen) atoms. The maximum atomic E-state index is 11.2. The summed E-state index contributed by atoms with van der Waals surface area (Å²) in [7, 11) is 1.87. The summed E-state index contributed by atoms with van der Waals surface area (Å²) in [5.41, 5.74) is -0.0324. The topological polar surface area (TPSA) is 84.2 Å². The van der Waals surface area contributed by atoms with Crippen LogP contribution in [0.25, 0.3) is 0 Å². The first-order chi connectivity index (χ1) is 10.1. The van der Waals surface area contributed by atoms with Crippen LogP contribution in [0, 0.1) is 16.0 Å². The Labute approximate surface area is 124 Å². The highest BCUT2D eigenvalue weighted by molar-refractivity contribution is 5.58. The molecular weight excluding hydrogens is 270 g/mol. The Bertz CT molecular complexity index is 488. The average molecular weight is 293 g/mol. The van der Waals surface area contributed by atoms with Crippen LogP contribution in [0.15, 0.2) is 6.20 Å². The first-order valence-electron chi connectivity index (χ1n) is 7.58. The van der Waals surface area contributed by atoms with Crippen LogP contribution in [0.4, 0.5) is 17.5 Å². The molecule has 7 heteroatoms. The molecule has 7 nitrogen and oxygen atoms in total. The molecule has 0 saturated heterocycles. The van der Waals surface area contributed by atoms with Crippen molar-refractivity contribution in [2.24, 2.45) is 5.92 Å². The van der Waals surface area contributed by atoms with Crippen LogP contribution in [0.3, 0.4) is 0 Å². The van der Waals surface area contributed by atoms with Gasteiger partial charge in [0.25, 0.3) is 0 Å². The third kappa shape index (κ3) is 4.03. The lowest BCUT2D eigenvalue weighted by atomic mass is 9.89. The zero-order chi connectivity index (χ0) is 15.2. The van der Waals surface area contributed by atoms with Gasteiger partial charge in [0, 0.05) is 20.1 Å². The van der Waals surface area contributed by atoms with Crippen LogP contribution in [-0.4, -0.2) is 35.0 Å². The van der Waals surface area contributed by atoms with Gasteiger partial charge in [0.2, 0.25) is 11.8 Å². The third-order valence-electron chi connectivity index (χ3n) is 3.90. The average Bonchev–Trinajstić information content (AvgIpc) is 2.48. The minimum Gasteiger partial charge on any atom is -0.354 e. The highest BCUT2D eigenvalue weighted by atomic mass is 16.6. The second-order valence-electron chi connectivity index (χ2n) is 5.57. The smallest absolute Gasteiger partial charge is 0.329 e. The lowest BCUT2D eigenvalue weighted by Gasteiger charge is -2.27. The highest BCUT2D eigenvalue weighted by Crippen LogP contribution is 2.29. The summed E-state index contributed by atoms with van der Waals surface area (Å²) in [4.78, 5) is 21.0. The predicted molar refractivity (Wildman–Crippen MR) is 82.7 cm³/mol. The number of hydrogen-bond donors (Lipinski definition) is 1. The molecule has 1 aromatic heterocycles. The van der Waals surface area contributed by atoms with Gasteiger partial charge < -0.3 is 10.2 Å². The van der Waals surface area contributed by atoms with E-state index >= 15 is 0 Å². The van der Waals surface area contributed by atoms with Gasteiger partial charge in [-0.25, -0.2) is 4.98 Å². The summed E-state index contributed by atoms with van der Waals surface area (Å²) < 4.78 is 0. The molecular formula is C14H23N5O2. The fourth-order valence-corrected chi connectivity index (χ4v) is 2.86. The Morgan fingerprint density at radius 1 is 1.43 bits per heavy atom. The number of rotatable bonds is 6. The van der Waals surface area contributed by atoms with Crippen molar-refractivity contribution < 1.29 is 4.92 Å². The lowest BCUT2D eigenvalue weighted by Crippen LogP contribution is -2.28. The van der Waals surface area contributed by atoms with E-state index in [4.69, 9.17) is 0 Å². The van der Waals surface area contributed by atoms with Gasteiger partial charge >= 0.3 is 5.69 Å². The van der Waals surface area contributed by atoms with Crippen molar-refractivity contribution in [3.8, 4) is 0 Å². The maximum absolute atomic E-state index is 11.2. The predicted octanol–water partition coefficient (Wildman–Crippen LogP) is 2.83. The van der Waals surface area contributed by atoms with E-state index in [9.17, 15) is 10.1 Å². The third-order valence-corrected chi connectivity index (χ3v) is 3.90. The van der Waals surface area contributed by atoms with Crippen LogP contribution >= 0.6 is 0 Å². The van der Waals surface area contributed by atoms with Crippen LogP contribution in [0.2, 0.25) is 0 Å². The van der Waals surface area contributed by atoms with Gasteiger partial charge in [-0.3, -0.25) is 10.1 Å². The van der Waals surface area contributed by atoms with Crippen LogP contribution in [0.1, 0.15) is 39.0 Å². The van der Waals surface area contributed by atoms with Gasteiger partial charge in [-0.1, -0.05) is 19.3 Å².